The average Bonchev–Trinajstić information content (AvgIpc) is 2.60. The summed E-state index contributed by atoms with van der Waals surface area (Å²) in [5.41, 5.74) is -1.87. The van der Waals surface area contributed by atoms with Crippen LogP contribution in [0.15, 0.2) is 29.2 Å². The van der Waals surface area contributed by atoms with Crippen LogP contribution in [0, 0.1) is 11.2 Å². The molecule has 1 aliphatic heterocycles. The third-order valence-electron chi connectivity index (χ3n) is 3.86. The van der Waals surface area contributed by atoms with Crippen molar-refractivity contribution in [1.29, 1.82) is 0 Å². The van der Waals surface area contributed by atoms with Crippen LogP contribution in [0.4, 0.5) is 4.39 Å². The lowest BCUT2D eigenvalue weighted by molar-refractivity contribution is -0.221. The number of carbonyl (C=O) groups excluding carboxylic acids is 2. The van der Waals surface area contributed by atoms with Gasteiger partial charge >= 0.3 is 5.97 Å². The topological polar surface area (TPSA) is 105 Å². The van der Waals surface area contributed by atoms with Crippen molar-refractivity contribution in [3.05, 3.63) is 30.1 Å². The van der Waals surface area contributed by atoms with Gasteiger partial charge in [-0.1, -0.05) is 0 Å². The molecule has 2 rings (SSSR count). The highest BCUT2D eigenvalue weighted by atomic mass is 32.2. The third-order valence-corrected chi connectivity index (χ3v) is 5.13. The number of Topliss-reactive ketones (excluding diaryl/α,β-unsaturated/α-hetero) is 1. The molecule has 2 unspecified atom stereocenters. The average molecular weight is 390 g/mol. The van der Waals surface area contributed by atoms with Gasteiger partial charge in [0.2, 0.25) is 6.29 Å². The largest absolute Gasteiger partial charge is 0.432 e. The van der Waals surface area contributed by atoms with Crippen LogP contribution in [-0.4, -0.2) is 52.9 Å². The molecule has 0 bridgehead atoms. The Bertz CT molecular complexity index is 755. The van der Waals surface area contributed by atoms with Gasteiger partial charge in [0.1, 0.15) is 23.6 Å². The van der Waals surface area contributed by atoms with Crippen molar-refractivity contribution in [2.45, 2.75) is 25.0 Å². The smallest absolute Gasteiger partial charge is 0.324 e. The highest BCUT2D eigenvalue weighted by molar-refractivity contribution is 7.86. The van der Waals surface area contributed by atoms with E-state index in [1.807, 2.05) is 0 Å². The van der Waals surface area contributed by atoms with Gasteiger partial charge < -0.3 is 14.2 Å². The summed E-state index contributed by atoms with van der Waals surface area (Å²) in [5, 5.41) is 0. The Hall–Kier alpha value is -1.88. The molecule has 1 saturated heterocycles. The molecule has 2 atom stereocenters. The number of rotatable bonds is 7. The lowest BCUT2D eigenvalue weighted by Gasteiger charge is -2.28. The lowest BCUT2D eigenvalue weighted by atomic mass is 9.87. The van der Waals surface area contributed by atoms with Gasteiger partial charge in [0.05, 0.1) is 24.7 Å². The summed E-state index contributed by atoms with van der Waals surface area (Å²) >= 11 is 0. The minimum Gasteiger partial charge on any atom is -0.432 e. The van der Waals surface area contributed by atoms with Crippen LogP contribution < -0.4 is 0 Å². The number of hydrogen-bond acceptors (Lipinski definition) is 8. The number of ketones is 1. The van der Waals surface area contributed by atoms with Crippen molar-refractivity contribution < 1.29 is 40.8 Å². The molecule has 26 heavy (non-hydrogen) atoms. The molecule has 0 aromatic heterocycles. The lowest BCUT2D eigenvalue weighted by Crippen LogP contribution is -2.45. The Balaban J connectivity index is 2.09. The van der Waals surface area contributed by atoms with Gasteiger partial charge in [-0.25, -0.2) is 4.39 Å². The first-order valence-corrected chi connectivity index (χ1v) is 9.12. The first-order chi connectivity index (χ1) is 12.1. The van der Waals surface area contributed by atoms with E-state index in [1.165, 1.54) is 6.92 Å². The molecule has 0 N–H and O–H groups in total. The van der Waals surface area contributed by atoms with Gasteiger partial charge in [-0.3, -0.25) is 13.8 Å². The Morgan fingerprint density at radius 3 is 2.46 bits per heavy atom. The summed E-state index contributed by atoms with van der Waals surface area (Å²) in [6, 6.07) is 3.94. The predicted octanol–water partition coefficient (Wildman–Crippen LogP) is 1.04. The normalized spacial score (nSPS) is 20.2. The van der Waals surface area contributed by atoms with Crippen LogP contribution in [0.1, 0.15) is 13.8 Å². The van der Waals surface area contributed by atoms with Crippen LogP contribution in [0.3, 0.4) is 0 Å². The summed E-state index contributed by atoms with van der Waals surface area (Å²) in [6.07, 6.45) is -0.983. The van der Waals surface area contributed by atoms with Crippen molar-refractivity contribution in [1.82, 2.24) is 0 Å². The van der Waals surface area contributed by atoms with Crippen LogP contribution in [-0.2, 0) is 38.1 Å². The zero-order chi connectivity index (χ0) is 19.4. The maximum atomic E-state index is 12.9. The van der Waals surface area contributed by atoms with Crippen LogP contribution in [0.25, 0.3) is 0 Å². The highest BCUT2D eigenvalue weighted by Crippen LogP contribution is 2.25. The molecule has 1 fully saturated rings. The minimum absolute atomic E-state index is 0.00839. The van der Waals surface area contributed by atoms with E-state index in [0.29, 0.717) is 6.61 Å². The van der Waals surface area contributed by atoms with Crippen molar-refractivity contribution in [2.24, 2.45) is 5.41 Å². The molecule has 1 aromatic carbocycles. The van der Waals surface area contributed by atoms with Gasteiger partial charge in [-0.05, 0) is 38.1 Å². The standard InChI is InChI=1S/C16H19FO8S/c1-11(18)16(2,15(19)25-14-9-22-7-8-23-14)10-24-26(20,21)13-5-3-12(17)4-6-13/h3-6,14H,7-10H2,1-2H3. The number of halogens is 1. The van der Waals surface area contributed by atoms with E-state index in [4.69, 9.17) is 18.4 Å². The molecular weight excluding hydrogens is 371 g/mol. The highest BCUT2D eigenvalue weighted by Gasteiger charge is 2.43. The zero-order valence-electron chi connectivity index (χ0n) is 14.3. The van der Waals surface area contributed by atoms with E-state index in [9.17, 15) is 22.4 Å². The molecule has 0 amide bonds. The number of ether oxygens (including phenoxy) is 3. The molecule has 144 valence electrons. The monoisotopic (exact) mass is 390 g/mol. The number of hydrogen-bond donors (Lipinski definition) is 0. The summed E-state index contributed by atoms with van der Waals surface area (Å²) in [5.74, 6) is -2.25. The van der Waals surface area contributed by atoms with E-state index in [0.717, 1.165) is 31.2 Å². The minimum atomic E-state index is -4.29. The Morgan fingerprint density at radius 1 is 1.27 bits per heavy atom. The fraction of sp³-hybridized carbons (Fsp3) is 0.500. The van der Waals surface area contributed by atoms with Gasteiger partial charge in [0, 0.05) is 0 Å². The first kappa shape index (κ1) is 20.4. The second kappa shape index (κ2) is 8.21. The summed E-state index contributed by atoms with van der Waals surface area (Å²) in [4.78, 5) is 24.0. The molecule has 0 spiro atoms. The van der Waals surface area contributed by atoms with E-state index < -0.39 is 46.0 Å². The molecule has 0 saturated carbocycles. The van der Waals surface area contributed by atoms with Crippen LogP contribution >= 0.6 is 0 Å². The maximum Gasteiger partial charge on any atom is 0.324 e. The molecule has 0 aliphatic carbocycles. The van der Waals surface area contributed by atoms with E-state index in [1.54, 1.807) is 0 Å². The Morgan fingerprint density at radius 2 is 1.92 bits per heavy atom. The maximum absolute atomic E-state index is 12.9. The number of esters is 1. The summed E-state index contributed by atoms with van der Waals surface area (Å²) < 4.78 is 57.5. The van der Waals surface area contributed by atoms with Gasteiger partial charge in [-0.15, -0.1) is 0 Å². The number of carbonyl (C=O) groups is 2. The molecule has 1 aromatic rings. The van der Waals surface area contributed by atoms with Crippen LogP contribution in [0.2, 0.25) is 0 Å². The first-order valence-electron chi connectivity index (χ1n) is 7.71. The van der Waals surface area contributed by atoms with Gasteiger partial charge in [0.15, 0.2) is 0 Å². The molecule has 1 heterocycles. The van der Waals surface area contributed by atoms with Gasteiger partial charge in [-0.2, -0.15) is 8.42 Å². The van der Waals surface area contributed by atoms with Crippen molar-refractivity contribution in [3.63, 3.8) is 0 Å². The molecule has 10 heteroatoms. The van der Waals surface area contributed by atoms with E-state index in [2.05, 4.69) is 0 Å². The predicted molar refractivity (Wildman–Crippen MR) is 85.0 cm³/mol. The SMILES string of the molecule is CC(=O)C(C)(COS(=O)(=O)c1ccc(F)cc1)C(=O)OC1COCCO1. The fourth-order valence-electron chi connectivity index (χ4n) is 1.95. The number of benzene rings is 1. The van der Waals surface area contributed by atoms with Crippen molar-refractivity contribution in [3.8, 4) is 0 Å². The van der Waals surface area contributed by atoms with Crippen molar-refractivity contribution >= 4 is 21.9 Å². The van der Waals surface area contributed by atoms with Crippen LogP contribution in [0.5, 0.6) is 0 Å². The third kappa shape index (κ3) is 4.85. The quantitative estimate of drug-likeness (QED) is 0.386. The van der Waals surface area contributed by atoms with E-state index >= 15 is 0 Å². The second-order valence-corrected chi connectivity index (χ2v) is 7.45. The summed E-state index contributed by atoms with van der Waals surface area (Å²) in [7, 11) is -4.29. The zero-order valence-corrected chi connectivity index (χ0v) is 15.1. The fourth-order valence-corrected chi connectivity index (χ4v) is 2.95. The molecular formula is C16H19FO8S. The summed E-state index contributed by atoms with van der Waals surface area (Å²) in [6.45, 7) is 2.15. The molecule has 8 nitrogen and oxygen atoms in total. The molecule has 1 aliphatic rings. The van der Waals surface area contributed by atoms with Crippen molar-refractivity contribution in [2.75, 3.05) is 26.4 Å². The molecule has 0 radical (unpaired) electrons. The Kier molecular flexibility index (Phi) is 6.45. The van der Waals surface area contributed by atoms with Gasteiger partial charge in [0.25, 0.3) is 10.1 Å². The van der Waals surface area contributed by atoms with E-state index in [-0.39, 0.29) is 18.1 Å². The Labute approximate surface area is 150 Å². The second-order valence-electron chi connectivity index (χ2n) is 5.84.